The highest BCUT2D eigenvalue weighted by molar-refractivity contribution is 6.03. The van der Waals surface area contributed by atoms with E-state index in [9.17, 15) is 4.79 Å². The molecule has 134 valence electrons. The molecular weight excluding hydrogens is 342 g/mol. The molecule has 0 radical (unpaired) electrons. The third kappa shape index (κ3) is 4.58. The second-order valence-corrected chi connectivity index (χ2v) is 5.68. The van der Waals surface area contributed by atoms with Crippen LogP contribution in [0.15, 0.2) is 54.6 Å². The van der Waals surface area contributed by atoms with Gasteiger partial charge in [-0.25, -0.2) is 9.97 Å². The van der Waals surface area contributed by atoms with Gasteiger partial charge in [0.05, 0.1) is 18.7 Å². The van der Waals surface area contributed by atoms with Gasteiger partial charge in [-0.15, -0.1) is 0 Å². The minimum atomic E-state index is -0.339. The average Bonchev–Trinajstić information content (AvgIpc) is 2.68. The van der Waals surface area contributed by atoms with Crippen LogP contribution in [0.5, 0.6) is 5.75 Å². The molecule has 0 saturated heterocycles. The Hall–Kier alpha value is -3.92. The number of aryl methyl sites for hydroxylation is 1. The van der Waals surface area contributed by atoms with E-state index in [1.54, 1.807) is 68.6 Å². The summed E-state index contributed by atoms with van der Waals surface area (Å²) in [6.45, 7) is 1.72. The summed E-state index contributed by atoms with van der Waals surface area (Å²) in [4.78, 5) is 21.0. The van der Waals surface area contributed by atoms with Crippen LogP contribution < -0.4 is 15.4 Å². The first-order valence-electron chi connectivity index (χ1n) is 8.15. The first-order valence-corrected chi connectivity index (χ1v) is 8.15. The van der Waals surface area contributed by atoms with Gasteiger partial charge in [0.1, 0.15) is 23.1 Å². The number of rotatable bonds is 5. The van der Waals surface area contributed by atoms with Crippen LogP contribution in [-0.4, -0.2) is 23.0 Å². The van der Waals surface area contributed by atoms with Gasteiger partial charge >= 0.3 is 0 Å². The Morgan fingerprint density at radius 1 is 1.04 bits per heavy atom. The van der Waals surface area contributed by atoms with Crippen LogP contribution in [0, 0.1) is 18.3 Å². The van der Waals surface area contributed by atoms with Crippen molar-refractivity contribution < 1.29 is 9.53 Å². The van der Waals surface area contributed by atoms with E-state index in [0.29, 0.717) is 28.6 Å². The van der Waals surface area contributed by atoms with Crippen molar-refractivity contribution in [3.8, 4) is 11.8 Å². The number of benzene rings is 2. The van der Waals surface area contributed by atoms with E-state index < -0.39 is 0 Å². The van der Waals surface area contributed by atoms with Gasteiger partial charge in [0.15, 0.2) is 0 Å². The summed E-state index contributed by atoms with van der Waals surface area (Å²) < 4.78 is 5.10. The van der Waals surface area contributed by atoms with E-state index in [4.69, 9.17) is 10.00 Å². The summed E-state index contributed by atoms with van der Waals surface area (Å²) in [6.07, 6.45) is 0. The lowest BCUT2D eigenvalue weighted by Gasteiger charge is -2.10. The molecule has 0 aliphatic heterocycles. The van der Waals surface area contributed by atoms with E-state index in [1.807, 2.05) is 0 Å². The zero-order valence-electron chi connectivity index (χ0n) is 14.9. The lowest BCUT2D eigenvalue weighted by Crippen LogP contribution is -2.15. The van der Waals surface area contributed by atoms with Crippen molar-refractivity contribution in [1.82, 2.24) is 9.97 Å². The highest BCUT2D eigenvalue weighted by Gasteiger charge is 2.11. The van der Waals surface area contributed by atoms with E-state index >= 15 is 0 Å². The maximum atomic E-state index is 12.5. The topological polar surface area (TPSA) is 99.9 Å². The van der Waals surface area contributed by atoms with Crippen LogP contribution in [0.4, 0.5) is 17.2 Å². The number of ether oxygens (including phenoxy) is 1. The molecule has 3 aromatic rings. The molecule has 0 atom stereocenters. The highest BCUT2D eigenvalue weighted by Crippen LogP contribution is 2.18. The fraction of sp³-hybridized carbons (Fsp3) is 0.100. The monoisotopic (exact) mass is 359 g/mol. The average molecular weight is 359 g/mol. The second-order valence-electron chi connectivity index (χ2n) is 5.68. The number of amides is 1. The molecule has 0 spiro atoms. The number of nitrogens with zero attached hydrogens (tertiary/aromatic N) is 3. The van der Waals surface area contributed by atoms with Crippen molar-refractivity contribution in [3.05, 3.63) is 71.7 Å². The van der Waals surface area contributed by atoms with E-state index in [2.05, 4.69) is 26.7 Å². The van der Waals surface area contributed by atoms with Crippen molar-refractivity contribution in [3.63, 3.8) is 0 Å². The lowest BCUT2D eigenvalue weighted by molar-refractivity contribution is 0.102. The van der Waals surface area contributed by atoms with Crippen molar-refractivity contribution in [2.45, 2.75) is 6.92 Å². The smallest absolute Gasteiger partial charge is 0.274 e. The van der Waals surface area contributed by atoms with Gasteiger partial charge in [-0.1, -0.05) is 0 Å². The minimum Gasteiger partial charge on any atom is -0.497 e. The first-order chi connectivity index (χ1) is 13.1. The Balaban J connectivity index is 1.76. The molecule has 2 aromatic carbocycles. The van der Waals surface area contributed by atoms with Gasteiger partial charge in [-0.2, -0.15) is 5.26 Å². The predicted molar refractivity (Wildman–Crippen MR) is 102 cm³/mol. The highest BCUT2D eigenvalue weighted by atomic mass is 16.5. The molecule has 27 heavy (non-hydrogen) atoms. The third-order valence-corrected chi connectivity index (χ3v) is 3.70. The number of aromatic nitrogens is 2. The fourth-order valence-corrected chi connectivity index (χ4v) is 2.39. The van der Waals surface area contributed by atoms with Crippen LogP contribution in [0.2, 0.25) is 0 Å². The lowest BCUT2D eigenvalue weighted by atomic mass is 10.2. The second kappa shape index (κ2) is 7.97. The summed E-state index contributed by atoms with van der Waals surface area (Å²) in [7, 11) is 1.58. The van der Waals surface area contributed by atoms with Crippen molar-refractivity contribution in [2.75, 3.05) is 17.7 Å². The molecule has 0 unspecified atom stereocenters. The van der Waals surface area contributed by atoms with E-state index in [1.165, 1.54) is 0 Å². The number of nitriles is 1. The normalized spacial score (nSPS) is 9.96. The number of carbonyl (C=O) groups is 1. The quantitative estimate of drug-likeness (QED) is 0.721. The summed E-state index contributed by atoms with van der Waals surface area (Å²) in [6, 6.07) is 17.6. The van der Waals surface area contributed by atoms with Crippen molar-refractivity contribution in [2.24, 2.45) is 0 Å². The van der Waals surface area contributed by atoms with E-state index in [0.717, 1.165) is 5.69 Å². The summed E-state index contributed by atoms with van der Waals surface area (Å²) in [5, 5.41) is 14.8. The minimum absolute atomic E-state index is 0.245. The molecule has 7 nitrogen and oxygen atoms in total. The van der Waals surface area contributed by atoms with Gasteiger partial charge in [-0.05, 0) is 55.5 Å². The maximum absolute atomic E-state index is 12.5. The van der Waals surface area contributed by atoms with Gasteiger partial charge in [-0.3, -0.25) is 4.79 Å². The summed E-state index contributed by atoms with van der Waals surface area (Å²) in [5.41, 5.74) is 2.21. The van der Waals surface area contributed by atoms with Gasteiger partial charge < -0.3 is 15.4 Å². The van der Waals surface area contributed by atoms with Crippen LogP contribution in [0.3, 0.4) is 0 Å². The fourth-order valence-electron chi connectivity index (χ4n) is 2.39. The molecule has 2 N–H and O–H groups in total. The number of methoxy groups -OCH3 is 1. The molecule has 3 rings (SSSR count). The molecule has 0 fully saturated rings. The number of carbonyl (C=O) groups excluding carboxylic acids is 1. The molecule has 7 heteroatoms. The number of hydrogen-bond acceptors (Lipinski definition) is 6. The zero-order chi connectivity index (χ0) is 19.2. The Kier molecular flexibility index (Phi) is 5.28. The van der Waals surface area contributed by atoms with Crippen LogP contribution in [-0.2, 0) is 0 Å². The molecule has 1 aromatic heterocycles. The molecular formula is C20H17N5O2. The Labute approximate surface area is 156 Å². The zero-order valence-corrected chi connectivity index (χ0v) is 14.9. The predicted octanol–water partition coefficient (Wildman–Crippen LogP) is 3.66. The van der Waals surface area contributed by atoms with Crippen molar-refractivity contribution >= 4 is 23.1 Å². The van der Waals surface area contributed by atoms with Gasteiger partial charge in [0.2, 0.25) is 0 Å². The molecule has 0 bridgehead atoms. The first kappa shape index (κ1) is 17.9. The van der Waals surface area contributed by atoms with Gasteiger partial charge in [0, 0.05) is 17.4 Å². The molecule has 1 heterocycles. The van der Waals surface area contributed by atoms with Crippen LogP contribution in [0.1, 0.15) is 21.9 Å². The Bertz CT molecular complexity index is 992. The number of anilines is 3. The van der Waals surface area contributed by atoms with E-state index in [-0.39, 0.29) is 11.6 Å². The summed E-state index contributed by atoms with van der Waals surface area (Å²) >= 11 is 0. The molecule has 0 aliphatic rings. The van der Waals surface area contributed by atoms with Crippen molar-refractivity contribution in [1.29, 1.82) is 5.26 Å². The van der Waals surface area contributed by atoms with Crippen LogP contribution in [0.25, 0.3) is 0 Å². The Morgan fingerprint density at radius 3 is 2.33 bits per heavy atom. The molecule has 0 aliphatic carbocycles. The molecule has 0 saturated carbocycles. The Morgan fingerprint density at radius 2 is 1.70 bits per heavy atom. The SMILES string of the molecule is COc1ccc(NC(=O)c2cc(Nc3ccc(C#N)cc3)nc(C)n2)cc1. The largest absolute Gasteiger partial charge is 0.497 e. The number of nitrogens with one attached hydrogen (secondary N) is 2. The van der Waals surface area contributed by atoms with Crippen LogP contribution >= 0.6 is 0 Å². The molecule has 1 amide bonds. The number of hydrogen-bond donors (Lipinski definition) is 2. The standard InChI is InChI=1S/C20H17N5O2/c1-13-22-18(20(26)25-16-7-9-17(27-2)10-8-16)11-19(23-13)24-15-5-3-14(12-21)4-6-15/h3-11H,1-2H3,(H,25,26)(H,22,23,24). The maximum Gasteiger partial charge on any atom is 0.274 e. The third-order valence-electron chi connectivity index (χ3n) is 3.70. The summed E-state index contributed by atoms with van der Waals surface area (Å²) in [5.74, 6) is 1.33. The van der Waals surface area contributed by atoms with Gasteiger partial charge in [0.25, 0.3) is 5.91 Å².